The minimum atomic E-state index is -4.40. The second-order valence-electron chi connectivity index (χ2n) is 2.57. The number of allylic oxidation sites excluding steroid dienone is 2. The molecule has 12 heavy (non-hydrogen) atoms. The van der Waals surface area contributed by atoms with Gasteiger partial charge < -0.3 is 0 Å². The van der Waals surface area contributed by atoms with Crippen LogP contribution >= 0.6 is 0 Å². The van der Waals surface area contributed by atoms with Gasteiger partial charge in [-0.05, 0) is 0 Å². The molecule has 1 aliphatic rings. The Hall–Kier alpha value is -0.870. The summed E-state index contributed by atoms with van der Waals surface area (Å²) in [7, 11) is 0. The lowest BCUT2D eigenvalue weighted by atomic mass is 10.1. The zero-order valence-electron chi connectivity index (χ0n) is 5.88. The van der Waals surface area contributed by atoms with Gasteiger partial charge in [0.1, 0.15) is 5.83 Å². The van der Waals surface area contributed by atoms with Gasteiger partial charge in [-0.1, -0.05) is 12.7 Å². The molecule has 0 N–H and O–H groups in total. The van der Waals surface area contributed by atoms with Crippen LogP contribution in [0.4, 0.5) is 22.0 Å². The van der Waals surface area contributed by atoms with Crippen molar-refractivity contribution in [3.8, 4) is 0 Å². The second kappa shape index (κ2) is 1.89. The number of hydrogen-bond acceptors (Lipinski definition) is 0. The maximum Gasteiger partial charge on any atom is 0.332 e. The Morgan fingerprint density at radius 2 is 1.42 bits per heavy atom. The van der Waals surface area contributed by atoms with E-state index in [1.165, 1.54) is 0 Å². The molecule has 0 aromatic rings. The summed E-state index contributed by atoms with van der Waals surface area (Å²) in [6, 6.07) is 0. The summed E-state index contributed by atoms with van der Waals surface area (Å²) in [5.41, 5.74) is -3.18. The molecular weight excluding hydrogens is 179 g/mol. The Bertz CT molecular complexity index is 239. The molecule has 1 aliphatic carbocycles. The molecule has 1 saturated carbocycles. The second-order valence-corrected chi connectivity index (χ2v) is 2.57. The fraction of sp³-hybridized carbons (Fsp3) is 0.429. The van der Waals surface area contributed by atoms with Crippen molar-refractivity contribution in [1.82, 2.24) is 0 Å². The molecule has 0 heterocycles. The van der Waals surface area contributed by atoms with Gasteiger partial charge in [-0.3, -0.25) is 0 Å². The minimum Gasteiger partial charge on any atom is -0.211 e. The molecule has 0 atom stereocenters. The summed E-state index contributed by atoms with van der Waals surface area (Å²) >= 11 is 0. The van der Waals surface area contributed by atoms with Crippen LogP contribution in [0.15, 0.2) is 25.1 Å². The predicted octanol–water partition coefficient (Wildman–Crippen LogP) is 2.93. The van der Waals surface area contributed by atoms with Crippen molar-refractivity contribution in [1.29, 1.82) is 0 Å². The maximum atomic E-state index is 12.4. The average Bonchev–Trinajstić information content (AvgIpc) is 2.21. The number of alkyl halides is 4. The molecule has 0 spiro atoms. The molecule has 0 amide bonds. The highest BCUT2D eigenvalue weighted by Gasteiger charge is 2.96. The van der Waals surface area contributed by atoms with E-state index in [2.05, 4.69) is 13.2 Å². The van der Waals surface area contributed by atoms with Crippen LogP contribution in [0.2, 0.25) is 0 Å². The molecule has 1 fully saturated rings. The zero-order valence-corrected chi connectivity index (χ0v) is 5.88. The molecule has 68 valence electrons. The van der Waals surface area contributed by atoms with Crippen LogP contribution in [0.1, 0.15) is 0 Å². The summed E-state index contributed by atoms with van der Waals surface area (Å²) in [5, 5.41) is 0. The molecule has 0 aromatic carbocycles. The summed E-state index contributed by atoms with van der Waals surface area (Å²) < 4.78 is 61.7. The summed E-state index contributed by atoms with van der Waals surface area (Å²) in [4.78, 5) is 0. The first-order valence-electron chi connectivity index (χ1n) is 3.00. The lowest BCUT2D eigenvalue weighted by Gasteiger charge is -2.03. The predicted molar refractivity (Wildman–Crippen MR) is 32.8 cm³/mol. The van der Waals surface area contributed by atoms with E-state index in [0.717, 1.165) is 0 Å². The summed E-state index contributed by atoms with van der Waals surface area (Å²) in [6.07, 6.45) is 0.204. The standard InChI is InChI=1S/C7H5F5/c1-3-5(4(2)8)6(9,10)7(5,11)12/h3H,1-2H2. The number of hydrogen-bond donors (Lipinski definition) is 0. The van der Waals surface area contributed by atoms with Gasteiger partial charge in [0.15, 0.2) is 5.41 Å². The molecule has 0 saturated heterocycles. The molecule has 0 aliphatic heterocycles. The molecule has 0 bridgehead atoms. The Morgan fingerprint density at radius 1 is 1.08 bits per heavy atom. The van der Waals surface area contributed by atoms with Crippen molar-refractivity contribution >= 4 is 0 Å². The van der Waals surface area contributed by atoms with E-state index in [1.807, 2.05) is 0 Å². The molecule has 0 aromatic heterocycles. The molecule has 1 rings (SSSR count). The molecule has 5 heteroatoms. The third kappa shape index (κ3) is 0.550. The highest BCUT2D eigenvalue weighted by atomic mass is 19.3. The van der Waals surface area contributed by atoms with Crippen molar-refractivity contribution in [3.05, 3.63) is 25.1 Å². The number of rotatable bonds is 2. The van der Waals surface area contributed by atoms with Crippen LogP contribution in [0.3, 0.4) is 0 Å². The van der Waals surface area contributed by atoms with Crippen LogP contribution in [0.25, 0.3) is 0 Å². The van der Waals surface area contributed by atoms with Crippen LogP contribution in [0.5, 0.6) is 0 Å². The fourth-order valence-corrected chi connectivity index (χ4v) is 1.14. The Balaban J connectivity index is 3.20. The van der Waals surface area contributed by atoms with E-state index < -0.39 is 23.1 Å². The van der Waals surface area contributed by atoms with Crippen molar-refractivity contribution in [2.24, 2.45) is 5.41 Å². The topological polar surface area (TPSA) is 0 Å². The molecule has 0 radical (unpaired) electrons. The van der Waals surface area contributed by atoms with Crippen LogP contribution < -0.4 is 0 Å². The highest BCUT2D eigenvalue weighted by Crippen LogP contribution is 2.75. The van der Waals surface area contributed by atoms with Gasteiger partial charge in [0.2, 0.25) is 0 Å². The van der Waals surface area contributed by atoms with Gasteiger partial charge in [0, 0.05) is 0 Å². The molecule has 0 unspecified atom stereocenters. The first-order valence-corrected chi connectivity index (χ1v) is 3.00. The molecule has 0 nitrogen and oxygen atoms in total. The third-order valence-electron chi connectivity index (χ3n) is 2.06. The third-order valence-corrected chi connectivity index (χ3v) is 2.06. The Labute approximate surface area is 65.4 Å². The lowest BCUT2D eigenvalue weighted by Crippen LogP contribution is -2.08. The van der Waals surface area contributed by atoms with Crippen molar-refractivity contribution in [2.75, 3.05) is 0 Å². The van der Waals surface area contributed by atoms with E-state index in [1.54, 1.807) is 0 Å². The van der Waals surface area contributed by atoms with Gasteiger partial charge in [0.25, 0.3) is 0 Å². The van der Waals surface area contributed by atoms with Crippen molar-refractivity contribution < 1.29 is 22.0 Å². The van der Waals surface area contributed by atoms with Crippen LogP contribution in [0, 0.1) is 5.41 Å². The Kier molecular flexibility index (Phi) is 1.45. The quantitative estimate of drug-likeness (QED) is 0.457. The SMILES string of the molecule is C=CC1(C(=C)F)C(F)(F)C1(F)F. The van der Waals surface area contributed by atoms with Crippen molar-refractivity contribution in [2.45, 2.75) is 11.8 Å². The zero-order chi connectivity index (χ0) is 9.78. The smallest absolute Gasteiger partial charge is 0.211 e. The average molecular weight is 184 g/mol. The van der Waals surface area contributed by atoms with Crippen LogP contribution in [-0.2, 0) is 0 Å². The van der Waals surface area contributed by atoms with E-state index in [4.69, 9.17) is 0 Å². The van der Waals surface area contributed by atoms with E-state index in [-0.39, 0.29) is 6.08 Å². The van der Waals surface area contributed by atoms with Gasteiger partial charge in [-0.2, -0.15) is 17.6 Å². The first-order chi connectivity index (χ1) is 5.25. The normalized spacial score (nSPS) is 27.8. The Morgan fingerprint density at radius 3 is 1.42 bits per heavy atom. The highest BCUT2D eigenvalue weighted by molar-refractivity contribution is 5.41. The van der Waals surface area contributed by atoms with Gasteiger partial charge in [0.05, 0.1) is 0 Å². The van der Waals surface area contributed by atoms with Gasteiger partial charge in [-0.25, -0.2) is 4.39 Å². The number of halogens is 5. The largest absolute Gasteiger partial charge is 0.332 e. The van der Waals surface area contributed by atoms with Crippen LogP contribution in [-0.4, -0.2) is 11.8 Å². The lowest BCUT2D eigenvalue weighted by molar-refractivity contribution is -0.0278. The van der Waals surface area contributed by atoms with E-state index in [0.29, 0.717) is 0 Å². The van der Waals surface area contributed by atoms with Crippen molar-refractivity contribution in [3.63, 3.8) is 0 Å². The van der Waals surface area contributed by atoms with Gasteiger partial charge >= 0.3 is 11.8 Å². The minimum absolute atomic E-state index is 0.204. The van der Waals surface area contributed by atoms with Gasteiger partial charge in [-0.15, -0.1) is 6.58 Å². The van der Waals surface area contributed by atoms with E-state index >= 15 is 0 Å². The fourth-order valence-electron chi connectivity index (χ4n) is 1.14. The summed E-state index contributed by atoms with van der Waals surface area (Å²) in [5.74, 6) is -10.5. The summed E-state index contributed by atoms with van der Waals surface area (Å²) in [6.45, 7) is 5.20. The first kappa shape index (κ1) is 9.22. The monoisotopic (exact) mass is 184 g/mol. The molecular formula is C7H5F5. The maximum absolute atomic E-state index is 12.4. The van der Waals surface area contributed by atoms with E-state index in [9.17, 15) is 22.0 Å².